The number of aliphatic imine (C=N–C) groups is 1. The van der Waals surface area contributed by atoms with Gasteiger partial charge < -0.3 is 4.74 Å². The lowest BCUT2D eigenvalue weighted by molar-refractivity contribution is 0.414. The molecule has 0 amide bonds. The van der Waals surface area contributed by atoms with Crippen molar-refractivity contribution in [3.05, 3.63) is 60.8 Å². The van der Waals surface area contributed by atoms with Crippen LogP contribution in [0.3, 0.4) is 0 Å². The van der Waals surface area contributed by atoms with Crippen LogP contribution >= 0.6 is 22.9 Å². The Labute approximate surface area is 170 Å². The number of fused-ring (bicyclic) bond motifs is 1. The van der Waals surface area contributed by atoms with Crippen molar-refractivity contribution in [1.82, 2.24) is 9.78 Å². The molecule has 0 aliphatic heterocycles. The molecule has 8 heteroatoms. The SMILES string of the molecule is COc1cc(-n2[nH]c(C)c(C=Nc3sc4c(c3C#N)CCC4)c2=O)ccc1Cl. The van der Waals surface area contributed by atoms with Crippen LogP contribution < -0.4 is 10.3 Å². The first-order chi connectivity index (χ1) is 13.5. The van der Waals surface area contributed by atoms with Gasteiger partial charge in [0, 0.05) is 22.9 Å². The summed E-state index contributed by atoms with van der Waals surface area (Å²) in [7, 11) is 1.52. The summed E-state index contributed by atoms with van der Waals surface area (Å²) in [4.78, 5) is 18.6. The van der Waals surface area contributed by atoms with Crippen molar-refractivity contribution >= 4 is 34.2 Å². The van der Waals surface area contributed by atoms with Gasteiger partial charge >= 0.3 is 0 Å². The Kier molecular flexibility index (Phi) is 4.84. The van der Waals surface area contributed by atoms with Gasteiger partial charge in [-0.1, -0.05) is 11.6 Å². The average molecular weight is 413 g/mol. The molecular weight excluding hydrogens is 396 g/mol. The molecule has 6 nitrogen and oxygen atoms in total. The van der Waals surface area contributed by atoms with Crippen molar-refractivity contribution in [2.45, 2.75) is 26.2 Å². The normalized spacial score (nSPS) is 13.1. The van der Waals surface area contributed by atoms with Gasteiger partial charge in [-0.15, -0.1) is 11.3 Å². The lowest BCUT2D eigenvalue weighted by Gasteiger charge is -2.06. The zero-order valence-electron chi connectivity index (χ0n) is 15.4. The first kappa shape index (κ1) is 18.5. The highest BCUT2D eigenvalue weighted by molar-refractivity contribution is 7.16. The van der Waals surface area contributed by atoms with Crippen molar-refractivity contribution in [3.8, 4) is 17.5 Å². The predicted molar refractivity (Wildman–Crippen MR) is 111 cm³/mol. The van der Waals surface area contributed by atoms with E-state index in [9.17, 15) is 10.1 Å². The number of aryl methyl sites for hydroxylation is 2. The van der Waals surface area contributed by atoms with E-state index in [0.717, 1.165) is 24.8 Å². The zero-order chi connectivity index (χ0) is 19.8. The minimum Gasteiger partial charge on any atom is -0.495 e. The highest BCUT2D eigenvalue weighted by Gasteiger charge is 2.22. The van der Waals surface area contributed by atoms with Gasteiger partial charge in [-0.25, -0.2) is 9.67 Å². The van der Waals surface area contributed by atoms with Crippen LogP contribution in [0.25, 0.3) is 5.69 Å². The van der Waals surface area contributed by atoms with Gasteiger partial charge in [-0.05, 0) is 43.9 Å². The van der Waals surface area contributed by atoms with Crippen LogP contribution in [-0.4, -0.2) is 23.1 Å². The molecule has 4 rings (SSSR count). The molecule has 1 aromatic carbocycles. The number of nitrogens with one attached hydrogen (secondary N) is 1. The second kappa shape index (κ2) is 7.30. The first-order valence-electron chi connectivity index (χ1n) is 8.77. The summed E-state index contributed by atoms with van der Waals surface area (Å²) in [6.07, 6.45) is 4.56. The molecule has 28 heavy (non-hydrogen) atoms. The third-order valence-electron chi connectivity index (χ3n) is 4.84. The number of benzene rings is 1. The molecular formula is C20H17ClN4O2S. The van der Waals surface area contributed by atoms with Gasteiger partial charge in [-0.3, -0.25) is 9.89 Å². The summed E-state index contributed by atoms with van der Waals surface area (Å²) in [6.45, 7) is 1.81. The molecule has 3 aromatic rings. The van der Waals surface area contributed by atoms with E-state index >= 15 is 0 Å². The summed E-state index contributed by atoms with van der Waals surface area (Å²) in [6, 6.07) is 7.38. The maximum absolute atomic E-state index is 12.9. The Morgan fingerprint density at radius 1 is 1.43 bits per heavy atom. The van der Waals surface area contributed by atoms with Crippen LogP contribution in [0.4, 0.5) is 5.00 Å². The number of hydrogen-bond donors (Lipinski definition) is 1. The maximum Gasteiger partial charge on any atom is 0.280 e. The molecule has 142 valence electrons. The van der Waals surface area contributed by atoms with E-state index in [1.54, 1.807) is 35.8 Å². The number of aromatic nitrogens is 2. The smallest absolute Gasteiger partial charge is 0.280 e. The fraction of sp³-hybridized carbons (Fsp3) is 0.250. The van der Waals surface area contributed by atoms with E-state index in [2.05, 4.69) is 16.2 Å². The molecule has 0 radical (unpaired) electrons. The van der Waals surface area contributed by atoms with E-state index in [4.69, 9.17) is 16.3 Å². The molecule has 2 heterocycles. The third-order valence-corrected chi connectivity index (χ3v) is 6.35. The number of methoxy groups -OCH3 is 1. The van der Waals surface area contributed by atoms with Gasteiger partial charge in [0.25, 0.3) is 5.56 Å². The lowest BCUT2D eigenvalue weighted by Crippen LogP contribution is -2.17. The Morgan fingerprint density at radius 2 is 2.25 bits per heavy atom. The second-order valence-corrected chi connectivity index (χ2v) is 8.01. The highest BCUT2D eigenvalue weighted by atomic mass is 35.5. The number of nitrogens with zero attached hydrogens (tertiary/aromatic N) is 3. The van der Waals surface area contributed by atoms with Gasteiger partial charge in [-0.2, -0.15) is 5.26 Å². The predicted octanol–water partition coefficient (Wildman–Crippen LogP) is 4.31. The molecule has 2 aromatic heterocycles. The van der Waals surface area contributed by atoms with Gasteiger partial charge in [0.2, 0.25) is 0 Å². The van der Waals surface area contributed by atoms with Crippen LogP contribution in [0.5, 0.6) is 5.75 Å². The quantitative estimate of drug-likeness (QED) is 0.648. The average Bonchev–Trinajstić information content (AvgIpc) is 3.34. The van der Waals surface area contributed by atoms with E-state index in [1.807, 2.05) is 6.92 Å². The molecule has 0 spiro atoms. The number of rotatable bonds is 4. The Morgan fingerprint density at radius 3 is 3.00 bits per heavy atom. The Balaban J connectivity index is 1.72. The van der Waals surface area contributed by atoms with Crippen LogP contribution in [-0.2, 0) is 12.8 Å². The van der Waals surface area contributed by atoms with Crippen LogP contribution in [0.1, 0.15) is 33.7 Å². The Bertz CT molecular complexity index is 1200. The summed E-state index contributed by atoms with van der Waals surface area (Å²) in [5.41, 5.74) is 3.28. The van der Waals surface area contributed by atoms with Crippen molar-refractivity contribution < 1.29 is 4.74 Å². The van der Waals surface area contributed by atoms with E-state index in [1.165, 1.54) is 16.7 Å². The molecule has 1 N–H and O–H groups in total. The third kappa shape index (κ3) is 3.05. The number of thiophene rings is 1. The van der Waals surface area contributed by atoms with Crippen LogP contribution in [0.15, 0.2) is 28.0 Å². The number of H-pyrrole nitrogens is 1. The van der Waals surface area contributed by atoms with Crippen molar-refractivity contribution in [2.75, 3.05) is 7.11 Å². The molecule has 0 atom stereocenters. The summed E-state index contributed by atoms with van der Waals surface area (Å²) >= 11 is 7.61. The zero-order valence-corrected chi connectivity index (χ0v) is 16.9. The van der Waals surface area contributed by atoms with Crippen LogP contribution in [0, 0.1) is 18.3 Å². The minimum absolute atomic E-state index is 0.228. The van der Waals surface area contributed by atoms with Gasteiger partial charge in [0.1, 0.15) is 16.8 Å². The molecule has 0 fully saturated rings. The van der Waals surface area contributed by atoms with E-state index < -0.39 is 0 Å². The summed E-state index contributed by atoms with van der Waals surface area (Å²) in [5, 5.41) is 13.7. The fourth-order valence-corrected chi connectivity index (χ4v) is 4.78. The first-order valence-corrected chi connectivity index (χ1v) is 9.97. The molecule has 0 bridgehead atoms. The number of ether oxygens (including phenoxy) is 1. The van der Waals surface area contributed by atoms with Crippen LogP contribution in [0.2, 0.25) is 5.02 Å². The highest BCUT2D eigenvalue weighted by Crippen LogP contribution is 2.40. The number of nitriles is 1. The lowest BCUT2D eigenvalue weighted by atomic mass is 10.1. The summed E-state index contributed by atoms with van der Waals surface area (Å²) < 4.78 is 6.65. The van der Waals surface area contributed by atoms with Crippen molar-refractivity contribution in [2.24, 2.45) is 4.99 Å². The van der Waals surface area contributed by atoms with Crippen molar-refractivity contribution in [3.63, 3.8) is 0 Å². The number of hydrogen-bond acceptors (Lipinski definition) is 5. The molecule has 1 aliphatic carbocycles. The van der Waals surface area contributed by atoms with E-state index in [0.29, 0.717) is 38.3 Å². The molecule has 0 unspecified atom stereocenters. The minimum atomic E-state index is -0.228. The second-order valence-electron chi connectivity index (χ2n) is 6.52. The Hall–Kier alpha value is -2.82. The van der Waals surface area contributed by atoms with E-state index in [-0.39, 0.29) is 5.56 Å². The summed E-state index contributed by atoms with van der Waals surface area (Å²) in [5.74, 6) is 0.486. The van der Waals surface area contributed by atoms with Crippen molar-refractivity contribution in [1.29, 1.82) is 5.26 Å². The van der Waals surface area contributed by atoms with Gasteiger partial charge in [0.05, 0.1) is 28.9 Å². The molecule has 0 saturated carbocycles. The monoisotopic (exact) mass is 412 g/mol. The largest absolute Gasteiger partial charge is 0.495 e. The standard InChI is InChI=1S/C20H17ClN4O2S/c1-11-15(10-23-19-14(9-22)13-4-3-5-18(13)28-19)20(26)25(24-11)12-6-7-16(21)17(8-12)27-2/h6-8,10,24H,3-5H2,1-2H3. The number of aromatic amines is 1. The molecule has 1 aliphatic rings. The van der Waals surface area contributed by atoms with Gasteiger partial charge in [0.15, 0.2) is 0 Å². The molecule has 0 saturated heterocycles. The fourth-order valence-electron chi connectivity index (χ4n) is 3.40. The number of halogens is 1. The maximum atomic E-state index is 12.9. The topological polar surface area (TPSA) is 83.2 Å².